The van der Waals surface area contributed by atoms with Crippen molar-refractivity contribution >= 4 is 29.7 Å². The Balaban J connectivity index is 1.20. The molecule has 1 aromatic carbocycles. The number of ketones is 1. The highest BCUT2D eigenvalue weighted by atomic mass is 16.6. The lowest BCUT2D eigenvalue weighted by Crippen LogP contribution is -2.55. The molecule has 2 heterocycles. The number of likely N-dealkylation sites (tertiary alicyclic amines) is 1. The minimum absolute atomic E-state index is 0.0363. The molecule has 0 aromatic heterocycles. The normalized spacial score (nSPS) is 25.4. The van der Waals surface area contributed by atoms with Crippen LogP contribution in [0.2, 0.25) is 0 Å². The van der Waals surface area contributed by atoms with Crippen LogP contribution in [0.4, 0.5) is 4.79 Å². The number of nitrogens with zero attached hydrogens (tertiary/aromatic N) is 3. The number of nitrogens with two attached hydrogens (primary N) is 2. The predicted molar refractivity (Wildman–Crippen MR) is 163 cm³/mol. The number of hydrogen-bond donors (Lipinski definition) is 4. The number of carbonyl (C=O) groups is 4. The number of likely N-dealkylation sites (N-methyl/N-ethyl adjacent to an activating group) is 2. The number of benzene rings is 1. The second-order valence-corrected chi connectivity index (χ2v) is 13.6. The van der Waals surface area contributed by atoms with Gasteiger partial charge >= 0.3 is 6.09 Å². The molecule has 240 valence electrons. The molecule has 5 atom stereocenters. The van der Waals surface area contributed by atoms with Crippen molar-refractivity contribution in [3.8, 4) is 11.5 Å². The van der Waals surface area contributed by atoms with Crippen LogP contribution >= 0.6 is 0 Å². The van der Waals surface area contributed by atoms with Gasteiger partial charge in [0.25, 0.3) is 0 Å². The zero-order valence-electron chi connectivity index (χ0n) is 26.3. The molecular formula is C31H45N7O6. The van der Waals surface area contributed by atoms with Gasteiger partial charge in [0.1, 0.15) is 6.04 Å². The smallest absolute Gasteiger partial charge is 0.415 e. The van der Waals surface area contributed by atoms with E-state index in [0.717, 1.165) is 30.5 Å². The third-order valence-corrected chi connectivity index (χ3v) is 9.51. The Morgan fingerprint density at radius 2 is 2.02 bits per heavy atom. The number of guanidine groups is 1. The summed E-state index contributed by atoms with van der Waals surface area (Å²) in [7, 11) is 3.70. The number of Topliss-reactive ketones (excluding diaryl/α,β-unsaturated/α-hetero) is 1. The standard InChI is InChI=1S/C31H45N7O6/c1-30(2,3)27(41)36-19(7-6-12-35-28(32)33)26(40)34-13-14-37(4)29(42)43-22-11-8-17-15-20-18-9-10-21(39)25-31(18,16-38(20)5)23(17)24(22)44-25/h8,11,18-20,25H,6-7,9-10,12-16H2,1-5H3,(H,34,40)(H,36,41)(H4,32,33,35)/t18?,19-,20+,25?,31-/m0/s1. The van der Waals surface area contributed by atoms with Crippen molar-refractivity contribution in [1.82, 2.24) is 20.4 Å². The predicted octanol–water partition coefficient (Wildman–Crippen LogP) is 0.666. The lowest BCUT2D eigenvalue weighted by molar-refractivity contribution is -0.133. The van der Waals surface area contributed by atoms with Gasteiger partial charge in [0, 0.05) is 56.7 Å². The Bertz CT molecular complexity index is 1370. The summed E-state index contributed by atoms with van der Waals surface area (Å²) in [6, 6.07) is 3.34. The van der Waals surface area contributed by atoms with Crippen LogP contribution in [0.5, 0.6) is 11.5 Å². The largest absolute Gasteiger partial charge is 0.477 e. The highest BCUT2D eigenvalue weighted by molar-refractivity contribution is 5.90. The van der Waals surface area contributed by atoms with E-state index in [9.17, 15) is 19.2 Å². The molecule has 13 nitrogen and oxygen atoms in total. The zero-order chi connectivity index (χ0) is 32.0. The number of nitrogens with one attached hydrogen (secondary N) is 2. The second-order valence-electron chi connectivity index (χ2n) is 13.6. The van der Waals surface area contributed by atoms with E-state index in [2.05, 4.69) is 27.6 Å². The van der Waals surface area contributed by atoms with Gasteiger partial charge in [0.2, 0.25) is 11.8 Å². The van der Waals surface area contributed by atoms with Crippen LogP contribution in [0, 0.1) is 11.3 Å². The number of hydrogen-bond acceptors (Lipinski definition) is 8. The molecule has 2 aliphatic carbocycles. The quantitative estimate of drug-likeness (QED) is 0.168. The van der Waals surface area contributed by atoms with E-state index in [1.165, 1.54) is 4.90 Å². The molecule has 1 spiro atoms. The van der Waals surface area contributed by atoms with Gasteiger partial charge in [-0.3, -0.25) is 19.4 Å². The maximum absolute atomic E-state index is 13.1. The van der Waals surface area contributed by atoms with E-state index in [1.54, 1.807) is 33.9 Å². The summed E-state index contributed by atoms with van der Waals surface area (Å²) in [5.41, 5.74) is 11.9. The first-order valence-corrected chi connectivity index (χ1v) is 15.4. The zero-order valence-corrected chi connectivity index (χ0v) is 26.3. The van der Waals surface area contributed by atoms with Gasteiger partial charge < -0.3 is 41.4 Å². The van der Waals surface area contributed by atoms with E-state index >= 15 is 0 Å². The first kappa shape index (κ1) is 31.6. The molecule has 2 aliphatic heterocycles. The number of ether oxygens (including phenoxy) is 2. The fourth-order valence-electron chi connectivity index (χ4n) is 7.31. The van der Waals surface area contributed by atoms with E-state index in [0.29, 0.717) is 49.3 Å². The van der Waals surface area contributed by atoms with Crippen LogP contribution in [0.3, 0.4) is 0 Å². The highest BCUT2D eigenvalue weighted by Crippen LogP contribution is 2.63. The summed E-state index contributed by atoms with van der Waals surface area (Å²) in [6.07, 6.45) is 1.90. The van der Waals surface area contributed by atoms with Crippen molar-refractivity contribution in [2.24, 2.45) is 27.8 Å². The van der Waals surface area contributed by atoms with Crippen molar-refractivity contribution in [2.45, 2.75) is 76.5 Å². The minimum Gasteiger partial charge on any atom is -0.477 e. The third kappa shape index (κ3) is 5.69. The summed E-state index contributed by atoms with van der Waals surface area (Å²) in [6.45, 7) is 6.69. The molecule has 2 bridgehead atoms. The Kier molecular flexibility index (Phi) is 8.54. The Labute approximate surface area is 258 Å². The molecule has 44 heavy (non-hydrogen) atoms. The van der Waals surface area contributed by atoms with Crippen molar-refractivity contribution in [2.75, 3.05) is 40.3 Å². The number of rotatable bonds is 10. The van der Waals surface area contributed by atoms with Crippen LogP contribution in [0.1, 0.15) is 57.6 Å². The SMILES string of the molecule is CN(CCNC(=O)[C@H](CCCN=C(N)N)NC(=O)C(C)(C)C)C(=O)Oc1ccc2c3c1OC1C(=O)CCC4[C@@H](C2)N(C)C[C@]314. The molecule has 2 unspecified atom stereocenters. The minimum atomic E-state index is -0.784. The van der Waals surface area contributed by atoms with Gasteiger partial charge in [-0.2, -0.15) is 0 Å². The average molecular weight is 612 g/mol. The summed E-state index contributed by atoms with van der Waals surface area (Å²) in [5, 5.41) is 5.61. The average Bonchev–Trinajstić information content (AvgIpc) is 3.40. The van der Waals surface area contributed by atoms with Crippen LogP contribution < -0.4 is 31.6 Å². The molecule has 6 N–H and O–H groups in total. The van der Waals surface area contributed by atoms with Crippen LogP contribution in [-0.4, -0.2) is 97.9 Å². The molecule has 1 saturated heterocycles. The van der Waals surface area contributed by atoms with Crippen molar-refractivity contribution in [3.63, 3.8) is 0 Å². The van der Waals surface area contributed by atoms with Gasteiger partial charge in [0.15, 0.2) is 29.3 Å². The second kappa shape index (κ2) is 11.9. The monoisotopic (exact) mass is 611 g/mol. The first-order valence-electron chi connectivity index (χ1n) is 15.4. The molecule has 0 radical (unpaired) electrons. The highest BCUT2D eigenvalue weighted by Gasteiger charge is 2.68. The van der Waals surface area contributed by atoms with Crippen LogP contribution in [0.15, 0.2) is 17.1 Å². The molecule has 13 heteroatoms. The summed E-state index contributed by atoms with van der Waals surface area (Å²) in [4.78, 5) is 59.4. The van der Waals surface area contributed by atoms with Gasteiger partial charge in [-0.15, -0.1) is 0 Å². The van der Waals surface area contributed by atoms with Gasteiger partial charge in [0.05, 0.1) is 5.41 Å². The van der Waals surface area contributed by atoms with Crippen LogP contribution in [-0.2, 0) is 26.2 Å². The summed E-state index contributed by atoms with van der Waals surface area (Å²) < 4.78 is 12.2. The fraction of sp³-hybridized carbons (Fsp3) is 0.645. The number of carbonyl (C=O) groups excluding carboxylic acids is 4. The maximum atomic E-state index is 13.1. The van der Waals surface area contributed by atoms with Gasteiger partial charge in [-0.05, 0) is 50.3 Å². The van der Waals surface area contributed by atoms with Crippen LogP contribution in [0.25, 0.3) is 0 Å². The molecular weight excluding hydrogens is 566 g/mol. The Hall–Kier alpha value is -3.87. The fourth-order valence-corrected chi connectivity index (χ4v) is 7.31. The lowest BCUT2D eigenvalue weighted by Gasteiger charge is -2.43. The summed E-state index contributed by atoms with van der Waals surface area (Å²) >= 11 is 0. The van der Waals surface area contributed by atoms with Gasteiger partial charge in [-0.25, -0.2) is 4.79 Å². The van der Waals surface area contributed by atoms with E-state index < -0.39 is 29.1 Å². The first-order chi connectivity index (χ1) is 20.7. The number of aliphatic imine (C=N–C) groups is 1. The molecule has 1 aromatic rings. The summed E-state index contributed by atoms with van der Waals surface area (Å²) in [5.74, 6) is 0.598. The molecule has 1 saturated carbocycles. The van der Waals surface area contributed by atoms with Crippen molar-refractivity contribution in [1.29, 1.82) is 0 Å². The molecule has 5 rings (SSSR count). The Morgan fingerprint density at radius 3 is 2.73 bits per heavy atom. The lowest BCUT2D eigenvalue weighted by atomic mass is 9.57. The van der Waals surface area contributed by atoms with E-state index in [1.807, 2.05) is 6.07 Å². The van der Waals surface area contributed by atoms with E-state index in [4.69, 9.17) is 20.9 Å². The van der Waals surface area contributed by atoms with Crippen molar-refractivity contribution in [3.05, 3.63) is 23.3 Å². The topological polar surface area (TPSA) is 182 Å². The number of amides is 3. The third-order valence-electron chi connectivity index (χ3n) is 9.51. The van der Waals surface area contributed by atoms with Gasteiger partial charge in [-0.1, -0.05) is 26.8 Å². The molecule has 2 fully saturated rings. The molecule has 4 aliphatic rings. The van der Waals surface area contributed by atoms with Crippen molar-refractivity contribution < 1.29 is 28.7 Å². The van der Waals surface area contributed by atoms with E-state index in [-0.39, 0.29) is 36.6 Å². The Morgan fingerprint density at radius 1 is 1.27 bits per heavy atom. The maximum Gasteiger partial charge on any atom is 0.415 e. The molecule has 3 amide bonds.